The van der Waals surface area contributed by atoms with Crippen LogP contribution in [0, 0.1) is 19.8 Å². The molecule has 2 N–H and O–H groups in total. The minimum Gasteiger partial charge on any atom is -0.394 e. The molecule has 2 unspecified atom stereocenters. The number of aryl methyl sites for hydroxylation is 2. The normalized spacial score (nSPS) is 13.8. The molecule has 0 saturated heterocycles. The summed E-state index contributed by atoms with van der Waals surface area (Å²) in [6.07, 6.45) is 1.76. The Hall–Kier alpha value is -3.96. The van der Waals surface area contributed by atoms with Gasteiger partial charge < -0.3 is 15.0 Å². The Labute approximate surface area is 236 Å². The molecule has 3 atom stereocenters. The average molecular weight is 534 g/mol. The van der Waals surface area contributed by atoms with Gasteiger partial charge in [-0.3, -0.25) is 4.79 Å². The van der Waals surface area contributed by atoms with Crippen LogP contribution in [0.25, 0.3) is 21.9 Å². The van der Waals surface area contributed by atoms with Crippen LogP contribution in [0.1, 0.15) is 66.6 Å². The highest BCUT2D eigenvalue weighted by Crippen LogP contribution is 2.32. The molecule has 2 heterocycles. The number of benzene rings is 3. The van der Waals surface area contributed by atoms with Gasteiger partial charge in [0.15, 0.2) is 0 Å². The van der Waals surface area contributed by atoms with Crippen molar-refractivity contribution >= 4 is 27.8 Å². The molecule has 0 bridgehead atoms. The monoisotopic (exact) mass is 533 g/mol. The number of aliphatic hydroxyl groups is 1. The lowest BCUT2D eigenvalue weighted by atomic mass is 9.87. The SMILES string of the molecule is CCC(C)CC(C(=O)N[C@@H](CO)c1ccccc1)c1ccc(Cn2c3ccccc3c3c(C)cc(C)nc32)cc1. The van der Waals surface area contributed by atoms with Gasteiger partial charge in [0.2, 0.25) is 5.91 Å². The van der Waals surface area contributed by atoms with E-state index in [1.807, 2.05) is 37.3 Å². The Morgan fingerprint density at radius 3 is 2.35 bits per heavy atom. The number of fused-ring (bicyclic) bond motifs is 3. The molecule has 40 heavy (non-hydrogen) atoms. The van der Waals surface area contributed by atoms with Gasteiger partial charge >= 0.3 is 0 Å². The fourth-order valence-corrected chi connectivity index (χ4v) is 5.73. The number of para-hydroxylation sites is 1. The van der Waals surface area contributed by atoms with E-state index in [1.165, 1.54) is 21.9 Å². The van der Waals surface area contributed by atoms with E-state index in [4.69, 9.17) is 4.98 Å². The fourth-order valence-electron chi connectivity index (χ4n) is 5.73. The maximum Gasteiger partial charge on any atom is 0.228 e. The lowest BCUT2D eigenvalue weighted by molar-refractivity contribution is -0.124. The second kappa shape index (κ2) is 12.1. The number of carbonyl (C=O) groups excluding carboxylic acids is 1. The molecule has 5 rings (SSSR count). The molecule has 0 aliphatic heterocycles. The number of pyridine rings is 1. The van der Waals surface area contributed by atoms with Gasteiger partial charge in [0.1, 0.15) is 5.65 Å². The maximum atomic E-state index is 13.6. The van der Waals surface area contributed by atoms with Crippen molar-refractivity contribution in [1.82, 2.24) is 14.9 Å². The van der Waals surface area contributed by atoms with Crippen molar-refractivity contribution in [3.8, 4) is 0 Å². The van der Waals surface area contributed by atoms with Crippen LogP contribution in [-0.2, 0) is 11.3 Å². The second-order valence-electron chi connectivity index (χ2n) is 11.1. The van der Waals surface area contributed by atoms with Crippen LogP contribution in [0.4, 0.5) is 0 Å². The molecule has 2 aromatic heterocycles. The van der Waals surface area contributed by atoms with Gasteiger partial charge in [-0.1, -0.05) is 93.1 Å². The minimum atomic E-state index is -0.429. The molecule has 0 fully saturated rings. The first-order chi connectivity index (χ1) is 19.4. The van der Waals surface area contributed by atoms with Crippen LogP contribution in [0.5, 0.6) is 0 Å². The van der Waals surface area contributed by atoms with Crippen molar-refractivity contribution in [3.63, 3.8) is 0 Å². The zero-order valence-electron chi connectivity index (χ0n) is 23.9. The Balaban J connectivity index is 1.44. The van der Waals surface area contributed by atoms with Crippen LogP contribution in [0.2, 0.25) is 0 Å². The molecule has 0 spiro atoms. The fraction of sp³-hybridized carbons (Fsp3) is 0.314. The van der Waals surface area contributed by atoms with E-state index in [9.17, 15) is 9.90 Å². The summed E-state index contributed by atoms with van der Waals surface area (Å²) < 4.78 is 2.30. The van der Waals surface area contributed by atoms with Gasteiger partial charge in [-0.25, -0.2) is 4.98 Å². The predicted molar refractivity (Wildman–Crippen MR) is 163 cm³/mol. The summed E-state index contributed by atoms with van der Waals surface area (Å²) in [4.78, 5) is 18.5. The molecule has 0 aliphatic rings. The number of nitrogens with zero attached hydrogens (tertiary/aromatic N) is 2. The van der Waals surface area contributed by atoms with Crippen LogP contribution in [0.15, 0.2) is 84.9 Å². The van der Waals surface area contributed by atoms with Gasteiger partial charge in [-0.15, -0.1) is 0 Å². The van der Waals surface area contributed by atoms with Crippen molar-refractivity contribution in [2.24, 2.45) is 5.92 Å². The largest absolute Gasteiger partial charge is 0.394 e. The summed E-state index contributed by atoms with van der Waals surface area (Å²) in [6, 6.07) is 28.3. The molecule has 0 saturated carbocycles. The number of hydrogen-bond donors (Lipinski definition) is 2. The highest BCUT2D eigenvalue weighted by atomic mass is 16.3. The van der Waals surface area contributed by atoms with Gasteiger partial charge in [-0.2, -0.15) is 0 Å². The number of aromatic nitrogens is 2. The van der Waals surface area contributed by atoms with E-state index in [1.54, 1.807) is 0 Å². The van der Waals surface area contributed by atoms with Gasteiger partial charge in [0.25, 0.3) is 0 Å². The Bertz CT molecular complexity index is 1610. The number of hydrogen-bond acceptors (Lipinski definition) is 3. The zero-order chi connectivity index (χ0) is 28.2. The Morgan fingerprint density at radius 1 is 0.950 bits per heavy atom. The van der Waals surface area contributed by atoms with Gasteiger partial charge in [0, 0.05) is 23.0 Å². The van der Waals surface area contributed by atoms with E-state index in [0.717, 1.165) is 40.9 Å². The third-order valence-corrected chi connectivity index (χ3v) is 8.12. The number of rotatable bonds is 10. The minimum absolute atomic E-state index is 0.0477. The first-order valence-corrected chi connectivity index (χ1v) is 14.3. The third-order valence-electron chi connectivity index (χ3n) is 8.12. The topological polar surface area (TPSA) is 67.2 Å². The molecule has 5 nitrogen and oxygen atoms in total. The Morgan fingerprint density at radius 2 is 1.65 bits per heavy atom. The van der Waals surface area contributed by atoms with Crippen LogP contribution < -0.4 is 5.32 Å². The zero-order valence-corrected chi connectivity index (χ0v) is 23.9. The van der Waals surface area contributed by atoms with Crippen molar-refractivity contribution in [2.45, 2.75) is 59.0 Å². The van der Waals surface area contributed by atoms with E-state index in [2.05, 4.69) is 85.3 Å². The molecule has 5 aromatic rings. The molecule has 0 aliphatic carbocycles. The summed E-state index contributed by atoms with van der Waals surface area (Å²) in [6.45, 7) is 9.11. The number of aliphatic hydroxyl groups excluding tert-OH is 1. The lowest BCUT2D eigenvalue weighted by Crippen LogP contribution is -2.35. The summed E-state index contributed by atoms with van der Waals surface area (Å²) in [5.74, 6) is 0.0605. The summed E-state index contributed by atoms with van der Waals surface area (Å²) in [5, 5.41) is 15.6. The summed E-state index contributed by atoms with van der Waals surface area (Å²) in [5.41, 5.74) is 7.50. The van der Waals surface area contributed by atoms with Crippen molar-refractivity contribution in [2.75, 3.05) is 6.61 Å². The molecule has 3 aromatic carbocycles. The highest BCUT2D eigenvalue weighted by Gasteiger charge is 2.25. The number of amides is 1. The lowest BCUT2D eigenvalue weighted by Gasteiger charge is -2.24. The van der Waals surface area contributed by atoms with E-state index in [-0.39, 0.29) is 18.4 Å². The van der Waals surface area contributed by atoms with Gasteiger partial charge in [-0.05, 0) is 60.6 Å². The van der Waals surface area contributed by atoms with Crippen molar-refractivity contribution in [1.29, 1.82) is 0 Å². The van der Waals surface area contributed by atoms with Crippen LogP contribution in [0.3, 0.4) is 0 Å². The Kier molecular flexibility index (Phi) is 8.32. The predicted octanol–water partition coefficient (Wildman–Crippen LogP) is 7.22. The molecule has 0 radical (unpaired) electrons. The van der Waals surface area contributed by atoms with Crippen molar-refractivity contribution in [3.05, 3.63) is 113 Å². The number of nitrogens with one attached hydrogen (secondary N) is 1. The van der Waals surface area contributed by atoms with E-state index < -0.39 is 6.04 Å². The summed E-state index contributed by atoms with van der Waals surface area (Å²) in [7, 11) is 0. The quantitative estimate of drug-likeness (QED) is 0.199. The van der Waals surface area contributed by atoms with Crippen LogP contribution >= 0.6 is 0 Å². The first-order valence-electron chi connectivity index (χ1n) is 14.3. The molecular weight excluding hydrogens is 494 g/mol. The van der Waals surface area contributed by atoms with E-state index >= 15 is 0 Å². The molecular formula is C35H39N3O2. The first kappa shape index (κ1) is 27.6. The second-order valence-corrected chi connectivity index (χ2v) is 11.1. The molecule has 206 valence electrons. The third kappa shape index (κ3) is 5.66. The number of carbonyl (C=O) groups is 1. The maximum absolute atomic E-state index is 13.6. The molecule has 5 heteroatoms. The van der Waals surface area contributed by atoms with E-state index in [0.29, 0.717) is 12.5 Å². The van der Waals surface area contributed by atoms with Crippen LogP contribution in [-0.4, -0.2) is 27.2 Å². The smallest absolute Gasteiger partial charge is 0.228 e. The summed E-state index contributed by atoms with van der Waals surface area (Å²) >= 11 is 0. The van der Waals surface area contributed by atoms with Crippen molar-refractivity contribution < 1.29 is 9.90 Å². The molecule has 1 amide bonds. The standard InChI is InChI=1S/C35H39N3O2/c1-5-23(2)19-30(35(40)37-31(22-39)28-11-7-6-8-12-28)27-17-15-26(16-18-27)21-38-32-14-10-9-13-29(32)33-24(3)20-25(4)36-34(33)38/h6-18,20,23,30-31,39H,5,19,21-22H2,1-4H3,(H,37,40)/t23?,30?,31-/m0/s1. The highest BCUT2D eigenvalue weighted by molar-refractivity contribution is 6.08. The average Bonchev–Trinajstić information content (AvgIpc) is 3.28. The van der Waals surface area contributed by atoms with Gasteiger partial charge in [0.05, 0.1) is 24.1 Å².